The predicted octanol–water partition coefficient (Wildman–Crippen LogP) is 4.31. The topological polar surface area (TPSA) is 40.5 Å². The summed E-state index contributed by atoms with van der Waals surface area (Å²) in [5, 5.41) is 9.86. The van der Waals surface area contributed by atoms with Crippen LogP contribution in [0.25, 0.3) is 0 Å². The number of rotatable bonds is 2. The Kier molecular flexibility index (Phi) is 4.65. The van der Waals surface area contributed by atoms with Crippen LogP contribution in [0.4, 0.5) is 0 Å². The van der Waals surface area contributed by atoms with Gasteiger partial charge in [0.25, 0.3) is 0 Å². The SMILES string of the molecule is C[C@@H](O)C1CCC(C(=O)N2CC[C@@]3(C)c4ccccc4C[C@@H]2C3(C)C)CC1. The molecule has 0 spiro atoms. The highest BCUT2D eigenvalue weighted by molar-refractivity contribution is 5.80. The van der Waals surface area contributed by atoms with Crippen molar-refractivity contribution in [3.63, 3.8) is 0 Å². The molecule has 3 aliphatic rings. The third-order valence-corrected chi connectivity index (χ3v) is 8.60. The van der Waals surface area contributed by atoms with E-state index in [0.29, 0.717) is 11.8 Å². The molecule has 1 aromatic rings. The quantitative estimate of drug-likeness (QED) is 0.844. The van der Waals surface area contributed by atoms with Gasteiger partial charge in [0.1, 0.15) is 0 Å². The Morgan fingerprint density at radius 3 is 2.48 bits per heavy atom. The number of fused-ring (bicyclic) bond motifs is 4. The van der Waals surface area contributed by atoms with E-state index in [0.717, 1.165) is 45.1 Å². The number of hydrogen-bond donors (Lipinski definition) is 1. The molecule has 1 saturated carbocycles. The Bertz CT molecular complexity index is 717. The number of benzene rings is 1. The van der Waals surface area contributed by atoms with Crippen LogP contribution in [0.5, 0.6) is 0 Å². The summed E-state index contributed by atoms with van der Waals surface area (Å²) < 4.78 is 0. The van der Waals surface area contributed by atoms with Gasteiger partial charge in [-0.2, -0.15) is 0 Å². The fourth-order valence-corrected chi connectivity index (χ4v) is 6.22. The first-order chi connectivity index (χ1) is 12.8. The van der Waals surface area contributed by atoms with E-state index in [4.69, 9.17) is 0 Å². The number of hydrogen-bond acceptors (Lipinski definition) is 2. The second-order valence-corrected chi connectivity index (χ2v) is 10.1. The minimum Gasteiger partial charge on any atom is -0.393 e. The number of carbonyl (C=O) groups is 1. The Balaban J connectivity index is 1.58. The van der Waals surface area contributed by atoms with E-state index in [2.05, 4.69) is 49.9 Å². The van der Waals surface area contributed by atoms with Crippen LogP contribution in [-0.2, 0) is 16.6 Å². The summed E-state index contributed by atoms with van der Waals surface area (Å²) in [6, 6.07) is 9.16. The first-order valence-electron chi connectivity index (χ1n) is 10.8. The van der Waals surface area contributed by atoms with Gasteiger partial charge in [-0.1, -0.05) is 45.0 Å². The molecule has 0 aromatic heterocycles. The smallest absolute Gasteiger partial charge is 0.225 e. The van der Waals surface area contributed by atoms with Gasteiger partial charge in [0.15, 0.2) is 0 Å². The Morgan fingerprint density at radius 1 is 1.15 bits per heavy atom. The van der Waals surface area contributed by atoms with E-state index in [-0.39, 0.29) is 28.9 Å². The summed E-state index contributed by atoms with van der Waals surface area (Å²) in [6.45, 7) is 9.93. The van der Waals surface area contributed by atoms with Crippen molar-refractivity contribution in [3.05, 3.63) is 35.4 Å². The first-order valence-corrected chi connectivity index (χ1v) is 10.8. The zero-order chi connectivity index (χ0) is 19.4. The van der Waals surface area contributed by atoms with Crippen LogP contribution >= 0.6 is 0 Å². The first kappa shape index (κ1) is 19.0. The molecule has 0 radical (unpaired) electrons. The maximum absolute atomic E-state index is 13.5. The highest BCUT2D eigenvalue weighted by Crippen LogP contribution is 2.56. The fraction of sp³-hybridized carbons (Fsp3) is 0.708. The van der Waals surface area contributed by atoms with Gasteiger partial charge in [-0.3, -0.25) is 4.79 Å². The average Bonchev–Trinajstić information content (AvgIpc) is 2.64. The molecule has 2 aliphatic carbocycles. The third kappa shape index (κ3) is 2.85. The number of amides is 1. The molecule has 0 unspecified atom stereocenters. The van der Waals surface area contributed by atoms with Gasteiger partial charge < -0.3 is 10.0 Å². The van der Waals surface area contributed by atoms with Gasteiger partial charge in [-0.05, 0) is 67.9 Å². The lowest BCUT2D eigenvalue weighted by Gasteiger charge is -2.61. The zero-order valence-corrected chi connectivity index (χ0v) is 17.4. The van der Waals surface area contributed by atoms with Crippen molar-refractivity contribution >= 4 is 5.91 Å². The lowest BCUT2D eigenvalue weighted by Crippen LogP contribution is -2.65. The van der Waals surface area contributed by atoms with Crippen molar-refractivity contribution < 1.29 is 9.90 Å². The van der Waals surface area contributed by atoms with Crippen molar-refractivity contribution in [2.45, 2.75) is 83.8 Å². The molecule has 1 heterocycles. The lowest BCUT2D eigenvalue weighted by atomic mass is 9.51. The molecule has 1 aromatic carbocycles. The zero-order valence-electron chi connectivity index (χ0n) is 17.4. The Hall–Kier alpha value is -1.35. The minimum atomic E-state index is -0.245. The number of aliphatic hydroxyl groups excluding tert-OH is 1. The van der Waals surface area contributed by atoms with Gasteiger partial charge in [-0.15, -0.1) is 0 Å². The maximum Gasteiger partial charge on any atom is 0.225 e. The number of aliphatic hydroxyl groups is 1. The van der Waals surface area contributed by atoms with E-state index in [1.165, 1.54) is 11.1 Å². The van der Waals surface area contributed by atoms with Crippen molar-refractivity contribution in [2.24, 2.45) is 17.3 Å². The summed E-state index contributed by atoms with van der Waals surface area (Å²) in [7, 11) is 0. The molecule has 3 nitrogen and oxygen atoms in total. The van der Waals surface area contributed by atoms with Crippen molar-refractivity contribution in [1.82, 2.24) is 4.90 Å². The van der Waals surface area contributed by atoms with Crippen LogP contribution in [0.1, 0.15) is 70.9 Å². The highest BCUT2D eigenvalue weighted by atomic mass is 16.3. The Morgan fingerprint density at radius 2 is 1.81 bits per heavy atom. The highest BCUT2D eigenvalue weighted by Gasteiger charge is 2.57. The molecule has 148 valence electrons. The Labute approximate surface area is 164 Å². The predicted molar refractivity (Wildman–Crippen MR) is 109 cm³/mol. The summed E-state index contributed by atoms with van der Waals surface area (Å²) in [4.78, 5) is 15.7. The molecular formula is C24H35NO2. The van der Waals surface area contributed by atoms with Crippen molar-refractivity contribution in [1.29, 1.82) is 0 Å². The van der Waals surface area contributed by atoms with Gasteiger partial charge in [0.2, 0.25) is 5.91 Å². The molecule has 2 fully saturated rings. The van der Waals surface area contributed by atoms with E-state index in [1.54, 1.807) is 0 Å². The molecule has 4 rings (SSSR count). The van der Waals surface area contributed by atoms with E-state index in [1.807, 2.05) is 6.92 Å². The summed E-state index contributed by atoms with van der Waals surface area (Å²) >= 11 is 0. The maximum atomic E-state index is 13.5. The molecule has 2 bridgehead atoms. The van der Waals surface area contributed by atoms with Gasteiger partial charge in [-0.25, -0.2) is 0 Å². The van der Waals surface area contributed by atoms with Crippen LogP contribution in [0.15, 0.2) is 24.3 Å². The van der Waals surface area contributed by atoms with Crippen molar-refractivity contribution in [2.75, 3.05) is 6.54 Å². The monoisotopic (exact) mass is 369 g/mol. The van der Waals surface area contributed by atoms with Crippen LogP contribution < -0.4 is 0 Å². The molecule has 3 atom stereocenters. The number of piperidine rings is 1. The number of likely N-dealkylation sites (tertiary alicyclic amines) is 1. The number of nitrogens with zero attached hydrogens (tertiary/aromatic N) is 1. The molecule has 3 heteroatoms. The van der Waals surface area contributed by atoms with Gasteiger partial charge in [0, 0.05) is 23.9 Å². The largest absolute Gasteiger partial charge is 0.393 e. The van der Waals surface area contributed by atoms with Crippen LogP contribution in [0, 0.1) is 17.3 Å². The van der Waals surface area contributed by atoms with E-state index < -0.39 is 0 Å². The third-order valence-electron chi connectivity index (χ3n) is 8.60. The fourth-order valence-electron chi connectivity index (χ4n) is 6.22. The molecular weight excluding hydrogens is 334 g/mol. The van der Waals surface area contributed by atoms with Gasteiger partial charge >= 0.3 is 0 Å². The second kappa shape index (κ2) is 6.62. The molecule has 1 saturated heterocycles. The van der Waals surface area contributed by atoms with Crippen LogP contribution in [0.2, 0.25) is 0 Å². The standard InChI is InChI=1S/C24H35NO2/c1-16(26)17-9-11-18(12-10-17)22(27)25-14-13-24(4)20-8-6-5-7-19(20)15-21(25)23(24,2)3/h5-8,16-18,21,26H,9-15H2,1-4H3/t16-,17?,18?,21-,24+/m1/s1. The lowest BCUT2D eigenvalue weighted by molar-refractivity contribution is -0.149. The summed E-state index contributed by atoms with van der Waals surface area (Å²) in [5.41, 5.74) is 3.13. The summed E-state index contributed by atoms with van der Waals surface area (Å²) in [5.74, 6) is 0.896. The second-order valence-electron chi connectivity index (χ2n) is 10.1. The normalized spacial score (nSPS) is 36.0. The van der Waals surface area contributed by atoms with Crippen molar-refractivity contribution in [3.8, 4) is 0 Å². The number of carbonyl (C=O) groups excluding carboxylic acids is 1. The average molecular weight is 370 g/mol. The molecule has 1 aliphatic heterocycles. The molecule has 27 heavy (non-hydrogen) atoms. The van der Waals surface area contributed by atoms with E-state index >= 15 is 0 Å². The minimum absolute atomic E-state index is 0.0755. The molecule has 1 N–H and O–H groups in total. The summed E-state index contributed by atoms with van der Waals surface area (Å²) in [6.07, 6.45) is 5.62. The van der Waals surface area contributed by atoms with Crippen LogP contribution in [0.3, 0.4) is 0 Å². The van der Waals surface area contributed by atoms with Crippen LogP contribution in [-0.4, -0.2) is 34.6 Å². The molecule has 1 amide bonds. The van der Waals surface area contributed by atoms with E-state index in [9.17, 15) is 9.90 Å². The van der Waals surface area contributed by atoms with Gasteiger partial charge in [0.05, 0.1) is 6.10 Å².